The second kappa shape index (κ2) is 11.8. The van der Waals surface area contributed by atoms with Crippen molar-refractivity contribution in [3.8, 4) is 17.2 Å². The molecule has 4 nitrogen and oxygen atoms in total. The summed E-state index contributed by atoms with van der Waals surface area (Å²) in [6.07, 6.45) is 1.73. The molecule has 5 rings (SSSR count). The van der Waals surface area contributed by atoms with Crippen LogP contribution in [0.25, 0.3) is 0 Å². The fraction of sp³-hybridized carbons (Fsp3) is 0.189. The molecule has 0 aliphatic rings. The molecule has 0 heterocycles. The maximum atomic E-state index is 9.88. The number of aromatic hydroxyl groups is 2. The molecule has 0 spiro atoms. The van der Waals surface area contributed by atoms with E-state index in [1.54, 1.807) is 31.4 Å². The smallest absolute Gasteiger partial charge is 0.119 e. The van der Waals surface area contributed by atoms with Crippen molar-refractivity contribution in [2.45, 2.75) is 39.0 Å². The number of phenols is 2. The second-order valence-electron chi connectivity index (χ2n) is 10.9. The molecule has 0 aliphatic heterocycles. The number of phenolic OH excluding ortho intramolecular Hbond substituents is 2. The molecule has 5 aromatic carbocycles. The summed E-state index contributed by atoms with van der Waals surface area (Å²) in [4.78, 5) is 2.27. The average Bonchev–Trinajstić information content (AvgIpc) is 2.99. The Kier molecular flexibility index (Phi) is 8.02. The highest BCUT2D eigenvalue weighted by atomic mass is 16.5. The first-order valence-electron chi connectivity index (χ1n) is 14.0. The van der Waals surface area contributed by atoms with Crippen LogP contribution in [0.15, 0.2) is 115 Å². The number of aryl methyl sites for hydroxylation is 3. The number of ether oxygens (including phenoxy) is 1. The fourth-order valence-electron chi connectivity index (χ4n) is 5.36. The van der Waals surface area contributed by atoms with Crippen LogP contribution in [-0.4, -0.2) is 17.3 Å². The highest BCUT2D eigenvalue weighted by Gasteiger charge is 2.29. The monoisotopic (exact) mass is 543 g/mol. The minimum Gasteiger partial charge on any atom is -0.508 e. The molecule has 0 saturated carbocycles. The molecule has 0 aromatic heterocycles. The molecule has 41 heavy (non-hydrogen) atoms. The van der Waals surface area contributed by atoms with E-state index in [1.165, 1.54) is 16.7 Å². The van der Waals surface area contributed by atoms with Crippen molar-refractivity contribution in [3.63, 3.8) is 0 Å². The molecule has 5 aromatic rings. The molecule has 0 bridgehead atoms. The Hall–Kier alpha value is -4.70. The third kappa shape index (κ3) is 6.07. The SMILES string of the molecule is COc1ccc(N(c2ccc(CCC(C)(c3ccc(O)cc3)c3ccc(O)cc3)cc2)c2ccc(C)c(C)c2)cc1. The molecule has 0 fully saturated rings. The fourth-order valence-corrected chi connectivity index (χ4v) is 5.36. The number of anilines is 3. The van der Waals surface area contributed by atoms with Crippen LogP contribution in [-0.2, 0) is 11.8 Å². The molecule has 208 valence electrons. The third-order valence-electron chi connectivity index (χ3n) is 8.20. The van der Waals surface area contributed by atoms with Crippen molar-refractivity contribution in [3.05, 3.63) is 143 Å². The van der Waals surface area contributed by atoms with E-state index in [1.807, 2.05) is 36.4 Å². The van der Waals surface area contributed by atoms with E-state index in [2.05, 4.69) is 80.3 Å². The van der Waals surface area contributed by atoms with Crippen LogP contribution in [0.5, 0.6) is 17.2 Å². The van der Waals surface area contributed by atoms with Crippen molar-refractivity contribution < 1.29 is 14.9 Å². The summed E-state index contributed by atoms with van der Waals surface area (Å²) in [6.45, 7) is 6.51. The Morgan fingerprint density at radius 2 is 1.10 bits per heavy atom. The van der Waals surface area contributed by atoms with Crippen molar-refractivity contribution in [2.24, 2.45) is 0 Å². The minimum atomic E-state index is -0.297. The van der Waals surface area contributed by atoms with E-state index < -0.39 is 0 Å². The maximum Gasteiger partial charge on any atom is 0.119 e. The first kappa shape index (κ1) is 27.9. The van der Waals surface area contributed by atoms with E-state index in [0.717, 1.165) is 46.8 Å². The lowest BCUT2D eigenvalue weighted by molar-refractivity contribution is 0.415. The lowest BCUT2D eigenvalue weighted by Crippen LogP contribution is -2.24. The van der Waals surface area contributed by atoms with Crippen LogP contribution >= 0.6 is 0 Å². The largest absolute Gasteiger partial charge is 0.508 e. The van der Waals surface area contributed by atoms with E-state index >= 15 is 0 Å². The van der Waals surface area contributed by atoms with Crippen LogP contribution in [0.1, 0.15) is 41.2 Å². The van der Waals surface area contributed by atoms with Crippen molar-refractivity contribution in [2.75, 3.05) is 12.0 Å². The zero-order valence-electron chi connectivity index (χ0n) is 24.1. The number of methoxy groups -OCH3 is 1. The summed E-state index contributed by atoms with van der Waals surface area (Å²) in [7, 11) is 1.68. The quantitative estimate of drug-likeness (QED) is 0.195. The summed E-state index contributed by atoms with van der Waals surface area (Å²) < 4.78 is 5.40. The van der Waals surface area contributed by atoms with Gasteiger partial charge in [-0.25, -0.2) is 0 Å². The van der Waals surface area contributed by atoms with Gasteiger partial charge in [-0.3, -0.25) is 0 Å². The standard InChI is InChI=1S/C37H37NO3/c1-26-5-12-33(25-27(26)2)38(32-15-21-36(41-4)22-16-32)31-13-6-28(7-14-31)23-24-37(3,29-8-17-34(39)18-9-29)30-10-19-35(40)20-11-30/h5-22,25,39-40H,23-24H2,1-4H3. The number of hydrogen-bond acceptors (Lipinski definition) is 4. The highest BCUT2D eigenvalue weighted by Crippen LogP contribution is 2.39. The molecule has 0 unspecified atom stereocenters. The van der Waals surface area contributed by atoms with Gasteiger partial charge in [0.25, 0.3) is 0 Å². The Morgan fingerprint density at radius 3 is 1.59 bits per heavy atom. The van der Waals surface area contributed by atoms with Gasteiger partial charge in [0, 0.05) is 22.5 Å². The Labute approximate surface area is 243 Å². The van der Waals surface area contributed by atoms with Crippen LogP contribution in [0.4, 0.5) is 17.1 Å². The van der Waals surface area contributed by atoms with Gasteiger partial charge in [-0.2, -0.15) is 0 Å². The topological polar surface area (TPSA) is 52.9 Å². The lowest BCUT2D eigenvalue weighted by atomic mass is 9.72. The minimum absolute atomic E-state index is 0.252. The van der Waals surface area contributed by atoms with Crippen LogP contribution < -0.4 is 9.64 Å². The normalized spacial score (nSPS) is 11.3. The van der Waals surface area contributed by atoms with Gasteiger partial charge < -0.3 is 19.8 Å². The highest BCUT2D eigenvalue weighted by molar-refractivity contribution is 5.77. The predicted octanol–water partition coefficient (Wildman–Crippen LogP) is 9.13. The summed E-state index contributed by atoms with van der Waals surface area (Å²) in [5, 5.41) is 19.8. The average molecular weight is 544 g/mol. The summed E-state index contributed by atoms with van der Waals surface area (Å²) >= 11 is 0. The summed E-state index contributed by atoms with van der Waals surface area (Å²) in [6, 6.07) is 38.4. The van der Waals surface area contributed by atoms with Crippen molar-refractivity contribution in [1.29, 1.82) is 0 Å². The predicted molar refractivity (Wildman–Crippen MR) is 168 cm³/mol. The molecule has 0 saturated heterocycles. The van der Waals surface area contributed by atoms with E-state index in [0.29, 0.717) is 0 Å². The van der Waals surface area contributed by atoms with Gasteiger partial charge in [0.15, 0.2) is 0 Å². The van der Waals surface area contributed by atoms with Gasteiger partial charge in [0.1, 0.15) is 17.2 Å². The van der Waals surface area contributed by atoms with Crippen molar-refractivity contribution in [1.82, 2.24) is 0 Å². The molecule has 4 heteroatoms. The van der Waals surface area contributed by atoms with Crippen LogP contribution in [0.2, 0.25) is 0 Å². The van der Waals surface area contributed by atoms with E-state index in [9.17, 15) is 10.2 Å². The van der Waals surface area contributed by atoms with Crippen molar-refractivity contribution >= 4 is 17.1 Å². The van der Waals surface area contributed by atoms with Gasteiger partial charge in [-0.05, 0) is 127 Å². The van der Waals surface area contributed by atoms with Gasteiger partial charge >= 0.3 is 0 Å². The van der Waals surface area contributed by atoms with Gasteiger partial charge in [-0.15, -0.1) is 0 Å². The summed E-state index contributed by atoms with van der Waals surface area (Å²) in [5.74, 6) is 1.33. The Balaban J connectivity index is 1.44. The van der Waals surface area contributed by atoms with Gasteiger partial charge in [0.05, 0.1) is 7.11 Å². The number of nitrogens with zero attached hydrogens (tertiary/aromatic N) is 1. The lowest BCUT2D eigenvalue weighted by Gasteiger charge is -2.31. The number of benzene rings is 5. The Morgan fingerprint density at radius 1 is 0.610 bits per heavy atom. The number of rotatable bonds is 9. The summed E-state index contributed by atoms with van der Waals surface area (Å²) in [5.41, 5.74) is 8.97. The van der Waals surface area contributed by atoms with E-state index in [-0.39, 0.29) is 16.9 Å². The van der Waals surface area contributed by atoms with Gasteiger partial charge in [0.2, 0.25) is 0 Å². The molecule has 0 amide bonds. The van der Waals surface area contributed by atoms with Crippen LogP contribution in [0, 0.1) is 13.8 Å². The van der Waals surface area contributed by atoms with E-state index in [4.69, 9.17) is 4.74 Å². The molecular weight excluding hydrogens is 506 g/mol. The first-order chi connectivity index (χ1) is 19.8. The molecule has 2 N–H and O–H groups in total. The molecule has 0 atom stereocenters. The number of hydrogen-bond donors (Lipinski definition) is 2. The molecule has 0 radical (unpaired) electrons. The molecular formula is C37H37NO3. The maximum absolute atomic E-state index is 9.88. The first-order valence-corrected chi connectivity index (χ1v) is 14.0. The van der Waals surface area contributed by atoms with Crippen LogP contribution in [0.3, 0.4) is 0 Å². The third-order valence-corrected chi connectivity index (χ3v) is 8.20. The second-order valence-corrected chi connectivity index (χ2v) is 10.9. The Bertz CT molecular complexity index is 1540. The zero-order valence-corrected chi connectivity index (χ0v) is 24.1. The molecule has 0 aliphatic carbocycles. The van der Waals surface area contributed by atoms with Gasteiger partial charge in [-0.1, -0.05) is 49.4 Å². The zero-order chi connectivity index (χ0) is 29.0.